The standard InChI is InChI=1S/C23H18F3NO3S/c24-23(25,26)17-4-2-1-3-14(17)13-5-6-15-16(11-13)20-21(19(29)18(15)28)31-12-22(30-20)7-9-27-10-8-22/h1-6,11,27H,7-10,12H2. The number of rotatable bonds is 1. The summed E-state index contributed by atoms with van der Waals surface area (Å²) in [5.74, 6) is -0.371. The van der Waals surface area contributed by atoms with Gasteiger partial charge in [-0.1, -0.05) is 24.3 Å². The molecule has 1 saturated heterocycles. The average molecular weight is 445 g/mol. The maximum atomic E-state index is 13.6. The molecule has 8 heteroatoms. The molecule has 3 aliphatic rings. The minimum absolute atomic E-state index is 0.0179. The summed E-state index contributed by atoms with van der Waals surface area (Å²) in [6.45, 7) is 1.56. The number of fused-ring (bicyclic) bond motifs is 2. The summed E-state index contributed by atoms with van der Waals surface area (Å²) in [5.41, 5.74) is -0.311. The zero-order valence-electron chi connectivity index (χ0n) is 16.3. The molecule has 1 N–H and O–H groups in total. The number of carbonyl (C=O) groups is 2. The largest absolute Gasteiger partial charge is 0.484 e. The van der Waals surface area contributed by atoms with E-state index in [0.29, 0.717) is 22.6 Å². The van der Waals surface area contributed by atoms with Crippen LogP contribution >= 0.6 is 11.8 Å². The quantitative estimate of drug-likeness (QED) is 0.646. The maximum Gasteiger partial charge on any atom is 0.417 e. The van der Waals surface area contributed by atoms with Crippen LogP contribution in [-0.4, -0.2) is 36.0 Å². The Morgan fingerprint density at radius 1 is 0.935 bits per heavy atom. The normalized spacial score (nSPS) is 20.4. The molecule has 1 spiro atoms. The molecule has 2 aromatic rings. The lowest BCUT2D eigenvalue weighted by Crippen LogP contribution is -2.48. The lowest BCUT2D eigenvalue weighted by atomic mass is 9.88. The van der Waals surface area contributed by atoms with Crippen molar-refractivity contribution in [2.24, 2.45) is 0 Å². The van der Waals surface area contributed by atoms with Crippen molar-refractivity contribution in [2.45, 2.75) is 24.6 Å². The number of hydrogen-bond donors (Lipinski definition) is 1. The monoisotopic (exact) mass is 445 g/mol. The first-order valence-corrected chi connectivity index (χ1v) is 10.9. The fourth-order valence-electron chi connectivity index (χ4n) is 4.34. The Morgan fingerprint density at radius 3 is 2.42 bits per heavy atom. The Balaban J connectivity index is 1.65. The van der Waals surface area contributed by atoms with Crippen LogP contribution in [0.5, 0.6) is 0 Å². The number of carbonyl (C=O) groups excluding carboxylic acids is 2. The van der Waals surface area contributed by atoms with Crippen LogP contribution in [-0.2, 0) is 15.7 Å². The van der Waals surface area contributed by atoms with Crippen molar-refractivity contribution in [1.29, 1.82) is 0 Å². The number of allylic oxidation sites excluding steroid dienone is 1. The lowest BCUT2D eigenvalue weighted by molar-refractivity contribution is -0.137. The highest BCUT2D eigenvalue weighted by molar-refractivity contribution is 8.04. The first kappa shape index (κ1) is 20.3. The summed E-state index contributed by atoms with van der Waals surface area (Å²) in [6, 6.07) is 9.75. The van der Waals surface area contributed by atoms with Crippen LogP contribution in [0.3, 0.4) is 0 Å². The molecule has 0 unspecified atom stereocenters. The van der Waals surface area contributed by atoms with E-state index in [2.05, 4.69) is 5.32 Å². The van der Waals surface area contributed by atoms with Crippen molar-refractivity contribution in [3.63, 3.8) is 0 Å². The molecule has 5 rings (SSSR count). The predicted octanol–water partition coefficient (Wildman–Crippen LogP) is 4.69. The van der Waals surface area contributed by atoms with Gasteiger partial charge in [0.2, 0.25) is 11.6 Å². The SMILES string of the molecule is O=C1C(=O)c2ccc(-c3ccccc3C(F)(F)F)cc2C2=C1SCC1(CCNCC1)O2. The van der Waals surface area contributed by atoms with Gasteiger partial charge in [0.05, 0.1) is 5.56 Å². The second kappa shape index (κ2) is 7.24. The minimum atomic E-state index is -4.51. The smallest absolute Gasteiger partial charge is 0.417 e. The molecule has 0 amide bonds. The van der Waals surface area contributed by atoms with Gasteiger partial charge < -0.3 is 10.1 Å². The van der Waals surface area contributed by atoms with Gasteiger partial charge in [0, 0.05) is 29.7 Å². The Morgan fingerprint density at radius 2 is 1.68 bits per heavy atom. The summed E-state index contributed by atoms with van der Waals surface area (Å²) >= 11 is 1.31. The summed E-state index contributed by atoms with van der Waals surface area (Å²) in [7, 11) is 0. The van der Waals surface area contributed by atoms with Crippen molar-refractivity contribution in [2.75, 3.05) is 18.8 Å². The van der Waals surface area contributed by atoms with Gasteiger partial charge >= 0.3 is 6.18 Å². The molecule has 4 nitrogen and oxygen atoms in total. The summed E-state index contributed by atoms with van der Waals surface area (Å²) in [5, 5.41) is 3.28. The average Bonchev–Trinajstić information content (AvgIpc) is 2.77. The Hall–Kier alpha value is -2.58. The van der Waals surface area contributed by atoms with E-state index < -0.39 is 28.9 Å². The van der Waals surface area contributed by atoms with Crippen LogP contribution in [0.4, 0.5) is 13.2 Å². The van der Waals surface area contributed by atoms with E-state index in [9.17, 15) is 22.8 Å². The van der Waals surface area contributed by atoms with E-state index in [1.54, 1.807) is 12.1 Å². The van der Waals surface area contributed by atoms with E-state index in [1.165, 1.54) is 36.0 Å². The molecule has 0 radical (unpaired) electrons. The zero-order valence-corrected chi connectivity index (χ0v) is 17.2. The minimum Gasteiger partial charge on any atom is -0.484 e. The highest BCUT2D eigenvalue weighted by atomic mass is 32.2. The topological polar surface area (TPSA) is 55.4 Å². The fraction of sp³-hybridized carbons (Fsp3) is 0.304. The van der Waals surface area contributed by atoms with E-state index >= 15 is 0 Å². The molecule has 31 heavy (non-hydrogen) atoms. The number of Topliss-reactive ketones (excluding diaryl/α,β-unsaturated/α-hetero) is 2. The molecule has 2 aliphatic heterocycles. The molecule has 1 aliphatic carbocycles. The molecule has 1 fully saturated rings. The van der Waals surface area contributed by atoms with Gasteiger partial charge in [-0.05, 0) is 42.4 Å². The van der Waals surface area contributed by atoms with Crippen LogP contribution in [0.1, 0.15) is 34.3 Å². The number of benzene rings is 2. The van der Waals surface area contributed by atoms with Gasteiger partial charge in [0.15, 0.2) is 0 Å². The van der Waals surface area contributed by atoms with E-state index in [0.717, 1.165) is 32.0 Å². The van der Waals surface area contributed by atoms with Crippen LogP contribution in [0, 0.1) is 0 Å². The molecule has 2 heterocycles. The van der Waals surface area contributed by atoms with Crippen molar-refractivity contribution in [1.82, 2.24) is 5.32 Å². The van der Waals surface area contributed by atoms with E-state index in [-0.39, 0.29) is 16.0 Å². The highest BCUT2D eigenvalue weighted by Crippen LogP contribution is 2.47. The summed E-state index contributed by atoms with van der Waals surface area (Å²) in [6.07, 6.45) is -3.01. The fourth-order valence-corrected chi connectivity index (χ4v) is 5.60. The van der Waals surface area contributed by atoms with Crippen molar-refractivity contribution >= 4 is 29.1 Å². The van der Waals surface area contributed by atoms with Crippen molar-refractivity contribution in [3.05, 3.63) is 64.1 Å². The lowest BCUT2D eigenvalue weighted by Gasteiger charge is -2.43. The van der Waals surface area contributed by atoms with E-state index in [1.807, 2.05) is 0 Å². The third-order valence-corrected chi connectivity index (χ3v) is 7.31. The van der Waals surface area contributed by atoms with Gasteiger partial charge in [-0.2, -0.15) is 13.2 Å². The molecule has 0 aromatic heterocycles. The maximum absolute atomic E-state index is 13.6. The molecule has 0 bridgehead atoms. The van der Waals surface area contributed by atoms with Gasteiger partial charge in [0.1, 0.15) is 16.3 Å². The molecular weight excluding hydrogens is 427 g/mol. The molecule has 0 atom stereocenters. The number of ketones is 2. The second-order valence-electron chi connectivity index (χ2n) is 7.94. The van der Waals surface area contributed by atoms with Crippen LogP contribution in [0.2, 0.25) is 0 Å². The number of hydrogen-bond acceptors (Lipinski definition) is 5. The van der Waals surface area contributed by atoms with Gasteiger partial charge in [-0.3, -0.25) is 9.59 Å². The van der Waals surface area contributed by atoms with Crippen LogP contribution < -0.4 is 5.32 Å². The van der Waals surface area contributed by atoms with Crippen LogP contribution in [0.15, 0.2) is 47.4 Å². The van der Waals surface area contributed by atoms with Crippen LogP contribution in [0.25, 0.3) is 16.9 Å². The number of nitrogens with one attached hydrogen (secondary N) is 1. The number of thioether (sulfide) groups is 1. The zero-order chi connectivity index (χ0) is 21.8. The van der Waals surface area contributed by atoms with E-state index in [4.69, 9.17) is 4.74 Å². The first-order chi connectivity index (χ1) is 14.8. The predicted molar refractivity (Wildman–Crippen MR) is 112 cm³/mol. The van der Waals surface area contributed by atoms with Gasteiger partial charge in [-0.15, -0.1) is 11.8 Å². The van der Waals surface area contributed by atoms with Crippen molar-refractivity contribution < 1.29 is 27.5 Å². The number of halogens is 3. The molecule has 160 valence electrons. The first-order valence-electron chi connectivity index (χ1n) is 9.96. The second-order valence-corrected chi connectivity index (χ2v) is 8.93. The summed E-state index contributed by atoms with van der Waals surface area (Å²) in [4.78, 5) is 25.6. The Bertz CT molecular complexity index is 1130. The number of ether oxygens (including phenoxy) is 1. The summed E-state index contributed by atoms with van der Waals surface area (Å²) < 4.78 is 47.0. The Kier molecular flexibility index (Phi) is 4.75. The Labute approximate surface area is 180 Å². The highest BCUT2D eigenvalue weighted by Gasteiger charge is 2.45. The molecule has 0 saturated carbocycles. The third-order valence-electron chi connectivity index (χ3n) is 5.98. The molecular formula is C23H18F3NO3S. The van der Waals surface area contributed by atoms with Gasteiger partial charge in [0.25, 0.3) is 0 Å². The third kappa shape index (κ3) is 3.38. The van der Waals surface area contributed by atoms with Gasteiger partial charge in [-0.25, -0.2) is 0 Å². The van der Waals surface area contributed by atoms with Crippen molar-refractivity contribution in [3.8, 4) is 11.1 Å². The number of alkyl halides is 3. The number of piperidine rings is 1. The molecule has 2 aromatic carbocycles.